The Labute approximate surface area is 129 Å². The van der Waals surface area contributed by atoms with Crippen molar-refractivity contribution >= 4 is 11.9 Å². The summed E-state index contributed by atoms with van der Waals surface area (Å²) in [5, 5.41) is 13.9. The number of urea groups is 1. The van der Waals surface area contributed by atoms with E-state index in [9.17, 15) is 9.59 Å². The van der Waals surface area contributed by atoms with Gasteiger partial charge in [-0.25, -0.2) is 4.79 Å². The molecule has 118 valence electrons. The molecule has 2 N–H and O–H groups in total. The lowest BCUT2D eigenvalue weighted by Gasteiger charge is -2.29. The maximum Gasteiger partial charge on any atom is 0.319 e. The summed E-state index contributed by atoms with van der Waals surface area (Å²) >= 11 is 0. The van der Waals surface area contributed by atoms with E-state index in [1.165, 1.54) is 5.57 Å². The molecular formula is C15H21N5O2. The molecule has 0 aromatic rings. The molecule has 7 nitrogen and oxygen atoms in total. The molecule has 0 saturated heterocycles. The maximum absolute atomic E-state index is 12.7. The smallest absolute Gasteiger partial charge is 0.319 e. The predicted molar refractivity (Wildman–Crippen MR) is 81.0 cm³/mol. The summed E-state index contributed by atoms with van der Waals surface area (Å²) in [6, 6.07) is -0.571. The van der Waals surface area contributed by atoms with Gasteiger partial charge in [0, 0.05) is 19.3 Å². The predicted octanol–water partition coefficient (Wildman–Crippen LogP) is 1.69. The fourth-order valence-corrected chi connectivity index (χ4v) is 3.34. The van der Waals surface area contributed by atoms with E-state index in [1.54, 1.807) is 18.9 Å². The molecule has 3 amide bonds. The second-order valence-electron chi connectivity index (χ2n) is 6.10. The molecule has 0 aromatic carbocycles. The van der Waals surface area contributed by atoms with E-state index < -0.39 is 0 Å². The van der Waals surface area contributed by atoms with Gasteiger partial charge in [0.2, 0.25) is 0 Å². The van der Waals surface area contributed by atoms with Crippen LogP contribution in [-0.2, 0) is 4.79 Å². The molecule has 22 heavy (non-hydrogen) atoms. The minimum atomic E-state index is -0.296. The van der Waals surface area contributed by atoms with Crippen LogP contribution in [0.25, 0.3) is 0 Å². The number of nitrogens with zero attached hydrogens (tertiary/aromatic N) is 3. The minimum Gasteiger partial charge on any atom is -0.339 e. The lowest BCUT2D eigenvalue weighted by molar-refractivity contribution is -0.126. The molecule has 0 bridgehead atoms. The number of hydrogen-bond acceptors (Lipinski definition) is 4. The summed E-state index contributed by atoms with van der Waals surface area (Å²) in [5.41, 5.74) is 3.61. The van der Waals surface area contributed by atoms with Crippen LogP contribution in [0.2, 0.25) is 0 Å². The first-order valence-corrected chi connectivity index (χ1v) is 7.64. The summed E-state index contributed by atoms with van der Waals surface area (Å²) in [7, 11) is 1.77. The largest absolute Gasteiger partial charge is 0.339 e. The molecule has 0 unspecified atom stereocenters. The molecule has 0 saturated carbocycles. The first-order chi connectivity index (χ1) is 10.5. The number of allylic oxidation sites excluding steroid dienone is 2. The third kappa shape index (κ3) is 2.51. The van der Waals surface area contributed by atoms with Crippen molar-refractivity contribution in [2.24, 2.45) is 10.2 Å². The van der Waals surface area contributed by atoms with E-state index in [2.05, 4.69) is 20.9 Å². The molecule has 0 radical (unpaired) electrons. The second-order valence-corrected chi connectivity index (χ2v) is 6.10. The van der Waals surface area contributed by atoms with Crippen molar-refractivity contribution in [3.63, 3.8) is 0 Å². The Hall–Kier alpha value is -2.18. The highest BCUT2D eigenvalue weighted by Crippen LogP contribution is 2.35. The zero-order valence-electron chi connectivity index (χ0n) is 13.1. The summed E-state index contributed by atoms with van der Waals surface area (Å²) in [5.74, 6) is -0.0836. The van der Waals surface area contributed by atoms with Crippen LogP contribution in [0.3, 0.4) is 0 Å². The molecule has 7 heteroatoms. The number of nitrogens with one attached hydrogen (secondary N) is 2. The molecule has 3 rings (SSSR count). The van der Waals surface area contributed by atoms with Crippen molar-refractivity contribution in [2.75, 3.05) is 13.6 Å². The first kappa shape index (κ1) is 14.7. The SMILES string of the molecule is CC1=C(C(=O)N(C)C[C@@H]2N=NC3=C2CCC3)[C@@H](C)NC(=O)N1. The van der Waals surface area contributed by atoms with Crippen LogP contribution in [0.15, 0.2) is 32.8 Å². The topological polar surface area (TPSA) is 86.2 Å². The van der Waals surface area contributed by atoms with Crippen molar-refractivity contribution in [3.05, 3.63) is 22.5 Å². The van der Waals surface area contributed by atoms with Gasteiger partial charge in [-0.05, 0) is 38.7 Å². The van der Waals surface area contributed by atoms with Crippen molar-refractivity contribution in [1.82, 2.24) is 15.5 Å². The number of carbonyl (C=O) groups excluding carboxylic acids is 2. The normalized spacial score (nSPS) is 27.0. The van der Waals surface area contributed by atoms with Crippen LogP contribution in [0.5, 0.6) is 0 Å². The number of azo groups is 1. The molecule has 2 heterocycles. The number of rotatable bonds is 3. The summed E-state index contributed by atoms with van der Waals surface area (Å²) in [4.78, 5) is 25.8. The Morgan fingerprint density at radius 3 is 2.91 bits per heavy atom. The lowest BCUT2D eigenvalue weighted by atomic mass is 10.0. The molecule has 1 aliphatic carbocycles. The number of carbonyl (C=O) groups is 2. The Morgan fingerprint density at radius 1 is 1.41 bits per heavy atom. The molecular weight excluding hydrogens is 282 g/mol. The van der Waals surface area contributed by atoms with Gasteiger partial charge < -0.3 is 15.5 Å². The minimum absolute atomic E-state index is 0.00574. The van der Waals surface area contributed by atoms with Gasteiger partial charge in [0.05, 0.1) is 17.3 Å². The van der Waals surface area contributed by atoms with Gasteiger partial charge in [0.1, 0.15) is 6.04 Å². The average Bonchev–Trinajstić information content (AvgIpc) is 3.02. The number of likely N-dealkylation sites (N-methyl/N-ethyl adjacent to an activating group) is 1. The van der Waals surface area contributed by atoms with Gasteiger partial charge in [-0.3, -0.25) is 4.79 Å². The fraction of sp³-hybridized carbons (Fsp3) is 0.600. The van der Waals surface area contributed by atoms with Gasteiger partial charge in [0.25, 0.3) is 5.91 Å². The Balaban J connectivity index is 1.71. The van der Waals surface area contributed by atoms with Crippen LogP contribution in [0.4, 0.5) is 4.79 Å². The molecule has 2 aliphatic heterocycles. The Bertz CT molecular complexity index is 619. The maximum atomic E-state index is 12.7. The summed E-state index contributed by atoms with van der Waals surface area (Å²) < 4.78 is 0. The number of hydrogen-bond donors (Lipinski definition) is 2. The van der Waals surface area contributed by atoms with Gasteiger partial charge in [-0.15, -0.1) is 0 Å². The van der Waals surface area contributed by atoms with Crippen molar-refractivity contribution in [1.29, 1.82) is 0 Å². The van der Waals surface area contributed by atoms with Crippen LogP contribution in [0.1, 0.15) is 33.1 Å². The second kappa shape index (κ2) is 5.55. The highest BCUT2D eigenvalue weighted by Gasteiger charge is 2.32. The standard InChI is InChI=1S/C15H21N5O2/c1-8-13(9(2)17-15(22)16-8)14(21)20(3)7-12-10-5-4-6-11(10)18-19-12/h8,12H,4-7H2,1-3H3,(H2,16,17,22)/t8-,12+/m1/s1. The highest BCUT2D eigenvalue weighted by molar-refractivity contribution is 5.98. The summed E-state index contributed by atoms with van der Waals surface area (Å²) in [6.07, 6.45) is 3.17. The molecule has 3 aliphatic rings. The van der Waals surface area contributed by atoms with Crippen molar-refractivity contribution in [2.45, 2.75) is 45.2 Å². The van der Waals surface area contributed by atoms with E-state index in [1.807, 2.05) is 6.92 Å². The van der Waals surface area contributed by atoms with Crippen molar-refractivity contribution in [3.8, 4) is 0 Å². The monoisotopic (exact) mass is 303 g/mol. The van der Waals surface area contributed by atoms with Crippen LogP contribution < -0.4 is 10.6 Å². The third-order valence-electron chi connectivity index (χ3n) is 4.46. The molecule has 0 aromatic heterocycles. The third-order valence-corrected chi connectivity index (χ3v) is 4.46. The zero-order chi connectivity index (χ0) is 15.9. The van der Waals surface area contributed by atoms with Crippen molar-refractivity contribution < 1.29 is 9.59 Å². The quantitative estimate of drug-likeness (QED) is 0.831. The van der Waals surface area contributed by atoms with Gasteiger partial charge in [0.15, 0.2) is 0 Å². The molecule has 0 fully saturated rings. The first-order valence-electron chi connectivity index (χ1n) is 7.64. The van der Waals surface area contributed by atoms with E-state index in [0.29, 0.717) is 17.8 Å². The fourth-order valence-electron chi connectivity index (χ4n) is 3.34. The summed E-state index contributed by atoms with van der Waals surface area (Å²) in [6.45, 7) is 4.10. The molecule has 2 atom stereocenters. The van der Waals surface area contributed by atoms with E-state index in [0.717, 1.165) is 25.0 Å². The lowest BCUT2D eigenvalue weighted by Crippen LogP contribution is -2.50. The molecule has 0 spiro atoms. The highest BCUT2D eigenvalue weighted by atomic mass is 16.2. The van der Waals surface area contributed by atoms with Crippen LogP contribution in [0, 0.1) is 0 Å². The van der Waals surface area contributed by atoms with Gasteiger partial charge >= 0.3 is 6.03 Å². The van der Waals surface area contributed by atoms with Gasteiger partial charge in [-0.1, -0.05) is 0 Å². The Morgan fingerprint density at radius 2 is 2.18 bits per heavy atom. The van der Waals surface area contributed by atoms with Gasteiger partial charge in [-0.2, -0.15) is 10.2 Å². The van der Waals surface area contributed by atoms with Crippen LogP contribution in [-0.4, -0.2) is 42.5 Å². The average molecular weight is 303 g/mol. The van der Waals surface area contributed by atoms with E-state index in [-0.39, 0.29) is 24.0 Å². The number of amides is 3. The Kier molecular flexibility index (Phi) is 3.72. The van der Waals surface area contributed by atoms with E-state index in [4.69, 9.17) is 0 Å². The van der Waals surface area contributed by atoms with Crippen LogP contribution >= 0.6 is 0 Å². The van der Waals surface area contributed by atoms with E-state index >= 15 is 0 Å². The zero-order valence-corrected chi connectivity index (χ0v) is 13.1.